The highest BCUT2D eigenvalue weighted by molar-refractivity contribution is 7.16. The molecule has 2 nitrogen and oxygen atoms in total. The number of hydrogen-bond donors (Lipinski definition) is 1. The van der Waals surface area contributed by atoms with E-state index in [0.29, 0.717) is 0 Å². The van der Waals surface area contributed by atoms with E-state index in [9.17, 15) is 0 Å². The lowest BCUT2D eigenvalue weighted by Crippen LogP contribution is -2.37. The summed E-state index contributed by atoms with van der Waals surface area (Å²) in [6, 6.07) is 8.84. The van der Waals surface area contributed by atoms with Gasteiger partial charge >= 0.3 is 0 Å². The van der Waals surface area contributed by atoms with Gasteiger partial charge in [0, 0.05) is 27.2 Å². The van der Waals surface area contributed by atoms with Crippen molar-refractivity contribution in [3.8, 4) is 0 Å². The Kier molecular flexibility index (Phi) is 5.64. The average Bonchev–Trinajstić information content (AvgIpc) is 2.99. The lowest BCUT2D eigenvalue weighted by molar-refractivity contribution is 0.206. The third-order valence-corrected chi connectivity index (χ3v) is 5.73. The molecule has 20 heavy (non-hydrogen) atoms. The van der Waals surface area contributed by atoms with Gasteiger partial charge in [-0.15, -0.1) is 22.7 Å². The van der Waals surface area contributed by atoms with E-state index >= 15 is 0 Å². The zero-order valence-electron chi connectivity index (χ0n) is 12.1. The van der Waals surface area contributed by atoms with Crippen molar-refractivity contribution in [2.24, 2.45) is 5.73 Å². The van der Waals surface area contributed by atoms with Crippen LogP contribution in [-0.2, 0) is 6.54 Å². The Bertz CT molecular complexity index is 550. The van der Waals surface area contributed by atoms with E-state index in [1.54, 1.807) is 11.3 Å². The highest BCUT2D eigenvalue weighted by atomic mass is 35.5. The summed E-state index contributed by atoms with van der Waals surface area (Å²) < 4.78 is 0.844. The molecule has 0 saturated heterocycles. The molecule has 5 heteroatoms. The SMILES string of the molecule is CCC(N)C(c1ccc(C)s1)N(C)Cc1ccc(Cl)s1. The molecule has 0 aliphatic carbocycles. The highest BCUT2D eigenvalue weighted by Crippen LogP contribution is 2.32. The van der Waals surface area contributed by atoms with Crippen LogP contribution < -0.4 is 5.73 Å². The molecule has 0 radical (unpaired) electrons. The minimum Gasteiger partial charge on any atom is -0.326 e. The van der Waals surface area contributed by atoms with Crippen LogP contribution in [0.15, 0.2) is 24.3 Å². The molecule has 110 valence electrons. The molecule has 2 unspecified atom stereocenters. The Hall–Kier alpha value is -0.390. The number of rotatable bonds is 6. The van der Waals surface area contributed by atoms with Gasteiger partial charge in [-0.3, -0.25) is 4.90 Å². The first-order valence-electron chi connectivity index (χ1n) is 6.77. The lowest BCUT2D eigenvalue weighted by Gasteiger charge is -2.31. The van der Waals surface area contributed by atoms with Crippen LogP contribution in [0.1, 0.15) is 34.0 Å². The number of likely N-dealkylation sites (N-methyl/N-ethyl adjacent to an activating group) is 1. The summed E-state index contributed by atoms with van der Waals surface area (Å²) in [7, 11) is 2.14. The topological polar surface area (TPSA) is 29.3 Å². The van der Waals surface area contributed by atoms with Gasteiger partial charge in [0.15, 0.2) is 0 Å². The summed E-state index contributed by atoms with van der Waals surface area (Å²) in [6.45, 7) is 5.17. The number of thiophene rings is 2. The first-order chi connectivity index (χ1) is 9.51. The average molecular weight is 329 g/mol. The molecule has 0 saturated carbocycles. The molecule has 2 aromatic rings. The van der Waals surface area contributed by atoms with Crippen molar-refractivity contribution in [1.29, 1.82) is 0 Å². The van der Waals surface area contributed by atoms with Crippen molar-refractivity contribution in [1.82, 2.24) is 4.90 Å². The molecule has 2 aromatic heterocycles. The molecule has 2 N–H and O–H groups in total. The van der Waals surface area contributed by atoms with E-state index in [0.717, 1.165) is 17.3 Å². The van der Waals surface area contributed by atoms with E-state index < -0.39 is 0 Å². The number of nitrogens with two attached hydrogens (primary N) is 1. The Morgan fingerprint density at radius 1 is 1.25 bits per heavy atom. The second-order valence-corrected chi connectivity index (χ2v) is 8.21. The third-order valence-electron chi connectivity index (χ3n) is 3.44. The molecule has 2 atom stereocenters. The van der Waals surface area contributed by atoms with Gasteiger partial charge in [0.1, 0.15) is 0 Å². The quantitative estimate of drug-likeness (QED) is 0.834. The fourth-order valence-corrected chi connectivity index (χ4v) is 4.64. The van der Waals surface area contributed by atoms with Crippen LogP contribution in [-0.4, -0.2) is 18.0 Å². The van der Waals surface area contributed by atoms with Gasteiger partial charge in [0.2, 0.25) is 0 Å². The van der Waals surface area contributed by atoms with Crippen LogP contribution in [0.5, 0.6) is 0 Å². The summed E-state index contributed by atoms with van der Waals surface area (Å²) >= 11 is 9.49. The molecular formula is C15H21ClN2S2. The van der Waals surface area contributed by atoms with Crippen molar-refractivity contribution in [3.05, 3.63) is 43.2 Å². The minimum absolute atomic E-state index is 0.147. The monoisotopic (exact) mass is 328 g/mol. The van der Waals surface area contributed by atoms with Gasteiger partial charge < -0.3 is 5.73 Å². The van der Waals surface area contributed by atoms with E-state index in [2.05, 4.69) is 44.0 Å². The third kappa shape index (κ3) is 3.83. The van der Waals surface area contributed by atoms with Crippen molar-refractivity contribution in [2.75, 3.05) is 7.05 Å². The Balaban J connectivity index is 2.17. The summed E-state index contributed by atoms with van der Waals surface area (Å²) in [5, 5.41) is 0. The second kappa shape index (κ2) is 7.05. The van der Waals surface area contributed by atoms with Gasteiger partial charge in [-0.05, 0) is 44.7 Å². The molecule has 0 spiro atoms. The van der Waals surface area contributed by atoms with E-state index in [-0.39, 0.29) is 12.1 Å². The number of halogens is 1. The first kappa shape index (κ1) is 16.0. The van der Waals surface area contributed by atoms with Crippen LogP contribution in [0.4, 0.5) is 0 Å². The van der Waals surface area contributed by atoms with Gasteiger partial charge in [-0.1, -0.05) is 18.5 Å². The van der Waals surface area contributed by atoms with Gasteiger partial charge in [-0.25, -0.2) is 0 Å². The number of aryl methyl sites for hydroxylation is 1. The van der Waals surface area contributed by atoms with Crippen molar-refractivity contribution >= 4 is 34.3 Å². The van der Waals surface area contributed by atoms with Crippen LogP contribution in [0.2, 0.25) is 4.34 Å². The Morgan fingerprint density at radius 3 is 2.50 bits per heavy atom. The van der Waals surface area contributed by atoms with Crippen molar-refractivity contribution in [3.63, 3.8) is 0 Å². The van der Waals surface area contributed by atoms with Gasteiger partial charge in [0.25, 0.3) is 0 Å². The Labute approximate surface area is 134 Å². The lowest BCUT2D eigenvalue weighted by atomic mass is 10.0. The minimum atomic E-state index is 0.147. The molecule has 2 rings (SSSR count). The standard InChI is InChI=1S/C15H21ClN2S2/c1-4-12(17)15(13-7-5-10(2)19-13)18(3)9-11-6-8-14(16)20-11/h5-8,12,15H,4,9,17H2,1-3H3. The predicted molar refractivity (Wildman–Crippen MR) is 90.9 cm³/mol. The first-order valence-corrected chi connectivity index (χ1v) is 8.78. The number of nitrogens with zero attached hydrogens (tertiary/aromatic N) is 1. The molecular weight excluding hydrogens is 308 g/mol. The van der Waals surface area contributed by atoms with Crippen LogP contribution in [0.3, 0.4) is 0 Å². The summed E-state index contributed by atoms with van der Waals surface area (Å²) in [4.78, 5) is 6.30. The highest BCUT2D eigenvalue weighted by Gasteiger charge is 2.24. The maximum atomic E-state index is 6.36. The molecule has 0 amide bonds. The van der Waals surface area contributed by atoms with Crippen LogP contribution >= 0.6 is 34.3 Å². The molecule has 0 aliphatic rings. The smallest absolute Gasteiger partial charge is 0.0931 e. The summed E-state index contributed by atoms with van der Waals surface area (Å²) in [5.74, 6) is 0. The van der Waals surface area contributed by atoms with Crippen molar-refractivity contribution < 1.29 is 0 Å². The second-order valence-electron chi connectivity index (χ2n) is 5.09. The van der Waals surface area contributed by atoms with Crippen LogP contribution in [0.25, 0.3) is 0 Å². The maximum Gasteiger partial charge on any atom is 0.0931 e. The fourth-order valence-electron chi connectivity index (χ4n) is 2.37. The predicted octanol–water partition coefficient (Wildman–Crippen LogP) is 4.68. The zero-order chi connectivity index (χ0) is 14.7. The molecule has 0 aromatic carbocycles. The number of hydrogen-bond acceptors (Lipinski definition) is 4. The van der Waals surface area contributed by atoms with Crippen LogP contribution in [0, 0.1) is 6.92 Å². The van der Waals surface area contributed by atoms with E-state index in [1.807, 2.05) is 17.4 Å². The largest absolute Gasteiger partial charge is 0.326 e. The molecule has 0 aliphatic heterocycles. The molecule has 0 fully saturated rings. The van der Waals surface area contributed by atoms with Gasteiger partial charge in [-0.2, -0.15) is 0 Å². The van der Waals surface area contributed by atoms with Crippen molar-refractivity contribution in [2.45, 2.75) is 38.9 Å². The fraction of sp³-hybridized carbons (Fsp3) is 0.467. The zero-order valence-corrected chi connectivity index (χ0v) is 14.5. The van der Waals surface area contributed by atoms with E-state index in [4.69, 9.17) is 17.3 Å². The molecule has 0 bridgehead atoms. The summed E-state index contributed by atoms with van der Waals surface area (Å²) in [5.41, 5.74) is 6.36. The molecule has 2 heterocycles. The maximum absolute atomic E-state index is 6.36. The van der Waals surface area contributed by atoms with E-state index in [1.165, 1.54) is 14.6 Å². The Morgan fingerprint density at radius 2 is 2.00 bits per heavy atom. The summed E-state index contributed by atoms with van der Waals surface area (Å²) in [6.07, 6.45) is 0.969. The van der Waals surface area contributed by atoms with Gasteiger partial charge in [0.05, 0.1) is 10.4 Å². The normalized spacial score (nSPS) is 14.7.